The van der Waals surface area contributed by atoms with Gasteiger partial charge in [-0.05, 0) is 54.7 Å². The van der Waals surface area contributed by atoms with Gasteiger partial charge in [-0.3, -0.25) is 9.78 Å². The number of amides is 1. The number of carbonyl (C=O) groups excluding carboxylic acids is 1. The number of nitrogens with zero attached hydrogens (tertiary/aromatic N) is 3. The lowest BCUT2D eigenvalue weighted by atomic mass is 10.1. The molecule has 3 N–H and O–H groups in total. The number of rotatable bonds is 4. The number of nitrogens with two attached hydrogens (primary N) is 1. The Morgan fingerprint density at radius 1 is 1.08 bits per heavy atom. The zero-order valence-electron chi connectivity index (χ0n) is 13.8. The second-order valence-electron chi connectivity index (χ2n) is 6.21. The largest absolute Gasteiger partial charge is 0.396 e. The van der Waals surface area contributed by atoms with Crippen LogP contribution in [0.25, 0.3) is 11.3 Å². The van der Waals surface area contributed by atoms with Crippen LogP contribution >= 0.6 is 0 Å². The molecule has 130 valence electrons. The molecule has 1 saturated carbocycles. The van der Waals surface area contributed by atoms with Crippen molar-refractivity contribution >= 4 is 17.4 Å². The first-order chi connectivity index (χ1) is 12.6. The summed E-state index contributed by atoms with van der Waals surface area (Å²) in [6, 6.07) is 9.75. The first-order valence-electron chi connectivity index (χ1n) is 8.26. The summed E-state index contributed by atoms with van der Waals surface area (Å²) >= 11 is 0. The summed E-state index contributed by atoms with van der Waals surface area (Å²) in [5.41, 5.74) is 8.84. The van der Waals surface area contributed by atoms with Gasteiger partial charge in [-0.25, -0.2) is 9.97 Å². The summed E-state index contributed by atoms with van der Waals surface area (Å²) < 4.78 is 13.0. The van der Waals surface area contributed by atoms with E-state index in [4.69, 9.17) is 5.73 Å². The molecule has 1 fully saturated rings. The fourth-order valence-corrected chi connectivity index (χ4v) is 2.63. The zero-order valence-corrected chi connectivity index (χ0v) is 13.8. The molecule has 7 heteroatoms. The Morgan fingerprint density at radius 2 is 1.92 bits per heavy atom. The summed E-state index contributed by atoms with van der Waals surface area (Å²) in [5.74, 6) is -0.151. The molecule has 4 rings (SSSR count). The van der Waals surface area contributed by atoms with Crippen LogP contribution in [0.1, 0.15) is 34.8 Å². The molecule has 6 nitrogen and oxygen atoms in total. The molecule has 1 aliphatic carbocycles. The zero-order chi connectivity index (χ0) is 18.1. The van der Waals surface area contributed by atoms with Crippen molar-refractivity contribution in [3.8, 4) is 11.3 Å². The first-order valence-corrected chi connectivity index (χ1v) is 8.26. The predicted molar refractivity (Wildman–Crippen MR) is 96.0 cm³/mol. The van der Waals surface area contributed by atoms with Crippen LogP contribution in [-0.4, -0.2) is 20.9 Å². The summed E-state index contributed by atoms with van der Waals surface area (Å²) in [5, 5.41) is 2.68. The average Bonchev–Trinajstić information content (AvgIpc) is 3.49. The third-order valence-electron chi connectivity index (χ3n) is 4.25. The van der Waals surface area contributed by atoms with Gasteiger partial charge in [0.25, 0.3) is 5.91 Å². The Morgan fingerprint density at radius 3 is 2.58 bits per heavy atom. The van der Waals surface area contributed by atoms with Crippen molar-refractivity contribution in [2.75, 3.05) is 11.1 Å². The van der Waals surface area contributed by atoms with E-state index in [1.165, 1.54) is 25.1 Å². The van der Waals surface area contributed by atoms with Crippen LogP contribution in [-0.2, 0) is 0 Å². The van der Waals surface area contributed by atoms with Crippen LogP contribution in [0, 0.1) is 5.95 Å². The summed E-state index contributed by atoms with van der Waals surface area (Å²) in [6.07, 6.45) is 5.47. The molecule has 3 aromatic heterocycles. The smallest absolute Gasteiger partial charge is 0.275 e. The molecule has 0 atom stereocenters. The molecule has 0 aromatic carbocycles. The normalized spacial score (nSPS) is 13.4. The number of nitrogen functional groups attached to an aromatic ring is 1. The van der Waals surface area contributed by atoms with Gasteiger partial charge in [0.1, 0.15) is 5.69 Å². The van der Waals surface area contributed by atoms with Gasteiger partial charge in [-0.1, -0.05) is 6.07 Å². The lowest BCUT2D eigenvalue weighted by Gasteiger charge is -2.09. The highest BCUT2D eigenvalue weighted by Crippen LogP contribution is 2.39. The summed E-state index contributed by atoms with van der Waals surface area (Å²) in [7, 11) is 0. The highest BCUT2D eigenvalue weighted by Gasteiger charge is 2.24. The van der Waals surface area contributed by atoms with Gasteiger partial charge in [0, 0.05) is 18.0 Å². The van der Waals surface area contributed by atoms with E-state index in [9.17, 15) is 9.18 Å². The average molecular weight is 349 g/mol. The molecule has 0 radical (unpaired) electrons. The fourth-order valence-electron chi connectivity index (χ4n) is 2.63. The van der Waals surface area contributed by atoms with E-state index < -0.39 is 5.95 Å². The second kappa shape index (κ2) is 6.51. The Bertz CT molecular complexity index is 953. The SMILES string of the molecule is Nc1ccc(-c2ccc(F)nc2)nc1NC(=O)c1ccc(C2CC2)cn1. The van der Waals surface area contributed by atoms with E-state index in [2.05, 4.69) is 20.3 Å². The standard InChI is InChI=1S/C19H16FN5O/c20-17-8-4-13(10-23-17)15-7-5-14(21)18(24-15)25-19(26)16-6-3-12(9-22-16)11-1-2-11/h3-11H,1-2,21H2,(H,24,25,26). The van der Waals surface area contributed by atoms with Gasteiger partial charge in [0.15, 0.2) is 5.82 Å². The maximum atomic E-state index is 13.0. The van der Waals surface area contributed by atoms with Crippen molar-refractivity contribution < 1.29 is 9.18 Å². The lowest BCUT2D eigenvalue weighted by Crippen LogP contribution is -2.16. The minimum atomic E-state index is -0.571. The van der Waals surface area contributed by atoms with E-state index in [0.29, 0.717) is 28.6 Å². The number of halogens is 1. The van der Waals surface area contributed by atoms with E-state index in [1.807, 2.05) is 6.07 Å². The Hall–Kier alpha value is -3.35. The molecule has 3 aromatic rings. The number of hydrogen-bond donors (Lipinski definition) is 2. The quantitative estimate of drug-likeness (QED) is 0.704. The van der Waals surface area contributed by atoms with Crippen molar-refractivity contribution in [1.29, 1.82) is 0 Å². The van der Waals surface area contributed by atoms with E-state index >= 15 is 0 Å². The van der Waals surface area contributed by atoms with Gasteiger partial charge in [0.05, 0.1) is 11.4 Å². The fraction of sp³-hybridized carbons (Fsp3) is 0.158. The van der Waals surface area contributed by atoms with Crippen molar-refractivity contribution in [1.82, 2.24) is 15.0 Å². The Balaban J connectivity index is 1.55. The van der Waals surface area contributed by atoms with Gasteiger partial charge < -0.3 is 11.1 Å². The number of aromatic nitrogens is 3. The Labute approximate surface area is 149 Å². The van der Waals surface area contributed by atoms with Gasteiger partial charge >= 0.3 is 0 Å². The second-order valence-corrected chi connectivity index (χ2v) is 6.21. The maximum Gasteiger partial charge on any atom is 0.275 e. The number of pyridine rings is 3. The molecule has 0 unspecified atom stereocenters. The molecule has 26 heavy (non-hydrogen) atoms. The first kappa shape index (κ1) is 16.1. The van der Waals surface area contributed by atoms with Gasteiger partial charge in [-0.15, -0.1) is 0 Å². The topological polar surface area (TPSA) is 93.8 Å². The highest BCUT2D eigenvalue weighted by atomic mass is 19.1. The summed E-state index contributed by atoms with van der Waals surface area (Å²) in [4.78, 5) is 24.6. The van der Waals surface area contributed by atoms with Crippen LogP contribution in [0.15, 0.2) is 48.8 Å². The number of carbonyl (C=O) groups is 1. The number of anilines is 2. The van der Waals surface area contributed by atoms with Crippen LogP contribution in [0.2, 0.25) is 0 Å². The molecule has 3 heterocycles. The van der Waals surface area contributed by atoms with Crippen LogP contribution in [0.5, 0.6) is 0 Å². The summed E-state index contributed by atoms with van der Waals surface area (Å²) in [6.45, 7) is 0. The van der Waals surface area contributed by atoms with Gasteiger partial charge in [0.2, 0.25) is 5.95 Å². The molecule has 0 spiro atoms. The molecule has 0 saturated heterocycles. The molecular formula is C19H16FN5O. The van der Waals surface area contributed by atoms with Crippen molar-refractivity contribution in [2.24, 2.45) is 0 Å². The van der Waals surface area contributed by atoms with Gasteiger partial charge in [-0.2, -0.15) is 4.39 Å². The molecule has 0 bridgehead atoms. The Kier molecular flexibility index (Phi) is 4.04. The van der Waals surface area contributed by atoms with E-state index in [-0.39, 0.29) is 11.7 Å². The van der Waals surface area contributed by atoms with Crippen LogP contribution in [0.3, 0.4) is 0 Å². The minimum absolute atomic E-state index is 0.227. The molecule has 1 amide bonds. The lowest BCUT2D eigenvalue weighted by molar-refractivity contribution is 0.102. The van der Waals surface area contributed by atoms with E-state index in [1.54, 1.807) is 30.5 Å². The minimum Gasteiger partial charge on any atom is -0.396 e. The number of nitrogens with one attached hydrogen (secondary N) is 1. The van der Waals surface area contributed by atoms with Crippen molar-refractivity contribution in [2.45, 2.75) is 18.8 Å². The van der Waals surface area contributed by atoms with Crippen molar-refractivity contribution in [3.63, 3.8) is 0 Å². The maximum absolute atomic E-state index is 13.0. The van der Waals surface area contributed by atoms with Crippen LogP contribution < -0.4 is 11.1 Å². The third-order valence-corrected chi connectivity index (χ3v) is 4.25. The highest BCUT2D eigenvalue weighted by molar-refractivity contribution is 6.03. The third kappa shape index (κ3) is 3.37. The molecule has 0 aliphatic heterocycles. The van der Waals surface area contributed by atoms with E-state index in [0.717, 1.165) is 5.56 Å². The van der Waals surface area contributed by atoms with Crippen molar-refractivity contribution in [3.05, 3.63) is 66.0 Å². The number of hydrogen-bond acceptors (Lipinski definition) is 5. The molecule has 1 aliphatic rings. The predicted octanol–water partition coefficient (Wildman–Crippen LogP) is 3.39. The monoisotopic (exact) mass is 349 g/mol. The molecular weight excluding hydrogens is 333 g/mol. The van der Waals surface area contributed by atoms with Crippen LogP contribution in [0.4, 0.5) is 15.9 Å².